The van der Waals surface area contributed by atoms with Crippen LogP contribution in [0.5, 0.6) is 0 Å². The topological polar surface area (TPSA) is 123 Å². The van der Waals surface area contributed by atoms with E-state index in [2.05, 4.69) is 10.6 Å². The number of nitrogens with one attached hydrogen (secondary N) is 2. The lowest BCUT2D eigenvalue weighted by atomic mass is 10.1. The highest BCUT2D eigenvalue weighted by molar-refractivity contribution is 5.88. The molecule has 0 heterocycles. The van der Waals surface area contributed by atoms with Gasteiger partial charge in [0.2, 0.25) is 5.91 Å². The van der Waals surface area contributed by atoms with Crippen LogP contribution in [0.3, 0.4) is 0 Å². The predicted octanol–water partition coefficient (Wildman–Crippen LogP) is 4.17. The monoisotopic (exact) mass is 521 g/mol. The van der Waals surface area contributed by atoms with Crippen LogP contribution in [0.2, 0.25) is 0 Å². The Hall–Kier alpha value is -3.30. The van der Waals surface area contributed by atoms with Gasteiger partial charge in [-0.15, -0.1) is 0 Å². The van der Waals surface area contributed by atoms with Gasteiger partial charge >= 0.3 is 18.2 Å². The second kappa shape index (κ2) is 15.1. The minimum Gasteiger partial charge on any atom is -0.459 e. The number of hydrogen-bond donors (Lipinski definition) is 2. The number of nitrogens with zero attached hydrogens (tertiary/aromatic N) is 1. The fourth-order valence-corrected chi connectivity index (χ4v) is 3.09. The molecule has 1 aromatic carbocycles. The molecule has 10 nitrogen and oxygen atoms in total. The summed E-state index contributed by atoms with van der Waals surface area (Å²) in [5.41, 5.74) is -0.647. The van der Waals surface area contributed by atoms with Crippen molar-refractivity contribution in [1.82, 2.24) is 15.5 Å². The molecule has 208 valence electrons. The number of ether oxygens (including phenoxy) is 3. The second-order valence-corrected chi connectivity index (χ2v) is 10.7. The van der Waals surface area contributed by atoms with E-state index in [1.807, 2.05) is 25.1 Å². The van der Waals surface area contributed by atoms with Crippen LogP contribution in [0, 0.1) is 0 Å². The number of hydrogen-bond acceptors (Lipinski definition) is 7. The standard InChI is InChI=1S/C27H43N3O7/c1-8-9-16-30(17-15-28-24(33)36-26(2,3)4)22(31)18-21(29-25(34)37-27(5,6)7)23(32)35-19-20-13-11-10-12-14-20/h10-14,21H,8-9,15-19H2,1-7H3,(H,28,33)(H,29,34). The summed E-state index contributed by atoms with van der Waals surface area (Å²) in [4.78, 5) is 52.0. The van der Waals surface area contributed by atoms with Crippen molar-refractivity contribution in [3.63, 3.8) is 0 Å². The molecule has 1 aromatic rings. The maximum Gasteiger partial charge on any atom is 0.408 e. The normalized spacial score (nSPS) is 12.2. The van der Waals surface area contributed by atoms with Crippen LogP contribution in [0.15, 0.2) is 30.3 Å². The lowest BCUT2D eigenvalue weighted by Crippen LogP contribution is -2.48. The third-order valence-corrected chi connectivity index (χ3v) is 4.76. The van der Waals surface area contributed by atoms with E-state index in [0.717, 1.165) is 18.4 Å². The van der Waals surface area contributed by atoms with E-state index in [9.17, 15) is 19.2 Å². The van der Waals surface area contributed by atoms with E-state index < -0.39 is 35.4 Å². The smallest absolute Gasteiger partial charge is 0.408 e. The van der Waals surface area contributed by atoms with Gasteiger partial charge in [0, 0.05) is 19.6 Å². The van der Waals surface area contributed by atoms with Crippen molar-refractivity contribution in [3.8, 4) is 0 Å². The van der Waals surface area contributed by atoms with Crippen LogP contribution in [0.25, 0.3) is 0 Å². The zero-order valence-electron chi connectivity index (χ0n) is 23.2. The quantitative estimate of drug-likeness (QED) is 0.313. The molecule has 0 saturated heterocycles. The SMILES string of the molecule is CCCCN(CCNC(=O)OC(C)(C)C)C(=O)CC(NC(=O)OC(C)(C)C)C(=O)OCc1ccccc1. The highest BCUT2D eigenvalue weighted by Crippen LogP contribution is 2.11. The van der Waals surface area contributed by atoms with Gasteiger partial charge in [-0.05, 0) is 53.5 Å². The fourth-order valence-electron chi connectivity index (χ4n) is 3.09. The van der Waals surface area contributed by atoms with Crippen LogP contribution in [-0.4, -0.2) is 65.8 Å². The third kappa shape index (κ3) is 14.8. The molecule has 3 amide bonds. The number of unbranched alkanes of at least 4 members (excludes halogenated alkanes) is 1. The number of benzene rings is 1. The zero-order chi connectivity index (χ0) is 28.1. The average Bonchev–Trinajstić information content (AvgIpc) is 2.77. The van der Waals surface area contributed by atoms with Crippen molar-refractivity contribution in [2.75, 3.05) is 19.6 Å². The molecule has 37 heavy (non-hydrogen) atoms. The molecule has 0 aliphatic carbocycles. The Morgan fingerprint density at radius 3 is 2.05 bits per heavy atom. The second-order valence-electron chi connectivity index (χ2n) is 10.7. The number of esters is 1. The average molecular weight is 522 g/mol. The maximum absolute atomic E-state index is 13.2. The summed E-state index contributed by atoms with van der Waals surface area (Å²) in [5.74, 6) is -1.11. The molecule has 0 radical (unpaired) electrons. The molecule has 1 rings (SSSR count). The highest BCUT2D eigenvalue weighted by atomic mass is 16.6. The lowest BCUT2D eigenvalue weighted by molar-refractivity contribution is -0.150. The van der Waals surface area contributed by atoms with E-state index in [1.54, 1.807) is 58.6 Å². The Labute approximate surface area is 220 Å². The van der Waals surface area contributed by atoms with Gasteiger partial charge in [-0.2, -0.15) is 0 Å². The summed E-state index contributed by atoms with van der Waals surface area (Å²) in [6, 6.07) is 7.85. The number of amides is 3. The van der Waals surface area contributed by atoms with Crippen molar-refractivity contribution >= 4 is 24.1 Å². The van der Waals surface area contributed by atoms with Crippen LogP contribution >= 0.6 is 0 Å². The largest absolute Gasteiger partial charge is 0.459 e. The predicted molar refractivity (Wildman–Crippen MR) is 140 cm³/mol. The molecule has 2 N–H and O–H groups in total. The number of carbonyl (C=O) groups is 4. The molecule has 0 aromatic heterocycles. The van der Waals surface area contributed by atoms with Crippen molar-refractivity contribution in [3.05, 3.63) is 35.9 Å². The Morgan fingerprint density at radius 1 is 0.892 bits per heavy atom. The molecule has 1 unspecified atom stereocenters. The summed E-state index contributed by atoms with van der Waals surface area (Å²) in [5, 5.41) is 5.12. The van der Waals surface area contributed by atoms with Crippen molar-refractivity contribution in [1.29, 1.82) is 0 Å². The van der Waals surface area contributed by atoms with E-state index in [4.69, 9.17) is 14.2 Å². The molecular formula is C27H43N3O7. The minimum atomic E-state index is -1.24. The van der Waals surface area contributed by atoms with Crippen LogP contribution in [-0.2, 0) is 30.4 Å². The summed E-state index contributed by atoms with van der Waals surface area (Å²) in [6.07, 6.45) is -0.135. The lowest BCUT2D eigenvalue weighted by Gasteiger charge is -2.26. The first kappa shape index (κ1) is 31.7. The van der Waals surface area contributed by atoms with Crippen LogP contribution in [0.1, 0.15) is 73.3 Å². The highest BCUT2D eigenvalue weighted by Gasteiger charge is 2.30. The van der Waals surface area contributed by atoms with Gasteiger partial charge < -0.3 is 29.7 Å². The van der Waals surface area contributed by atoms with E-state index in [0.29, 0.717) is 6.54 Å². The van der Waals surface area contributed by atoms with Gasteiger partial charge in [0.15, 0.2) is 0 Å². The third-order valence-electron chi connectivity index (χ3n) is 4.76. The molecular weight excluding hydrogens is 478 g/mol. The van der Waals surface area contributed by atoms with E-state index >= 15 is 0 Å². The first-order valence-electron chi connectivity index (χ1n) is 12.6. The molecule has 0 bridgehead atoms. The van der Waals surface area contributed by atoms with Crippen LogP contribution < -0.4 is 10.6 Å². The number of carbonyl (C=O) groups excluding carboxylic acids is 4. The maximum atomic E-state index is 13.2. The molecule has 1 atom stereocenters. The van der Waals surface area contributed by atoms with Gasteiger partial charge in [0.1, 0.15) is 23.9 Å². The summed E-state index contributed by atoms with van der Waals surface area (Å²) >= 11 is 0. The van der Waals surface area contributed by atoms with Gasteiger partial charge in [0.05, 0.1) is 6.42 Å². The summed E-state index contributed by atoms with van der Waals surface area (Å²) in [6.45, 7) is 13.2. The summed E-state index contributed by atoms with van der Waals surface area (Å²) in [7, 11) is 0. The fraction of sp³-hybridized carbons (Fsp3) is 0.630. The zero-order valence-corrected chi connectivity index (χ0v) is 23.2. The number of alkyl carbamates (subject to hydrolysis) is 2. The Morgan fingerprint density at radius 2 is 1.49 bits per heavy atom. The van der Waals surface area contributed by atoms with Gasteiger partial charge in [-0.25, -0.2) is 14.4 Å². The van der Waals surface area contributed by atoms with Crippen molar-refractivity contribution < 1.29 is 33.4 Å². The molecule has 10 heteroatoms. The first-order valence-corrected chi connectivity index (χ1v) is 12.6. The van der Waals surface area contributed by atoms with Crippen molar-refractivity contribution in [2.24, 2.45) is 0 Å². The number of rotatable bonds is 12. The Bertz CT molecular complexity index is 876. The van der Waals surface area contributed by atoms with Gasteiger partial charge in [-0.3, -0.25) is 4.79 Å². The Kier molecular flexibility index (Phi) is 12.9. The van der Waals surface area contributed by atoms with Crippen molar-refractivity contribution in [2.45, 2.75) is 91.6 Å². The molecule has 0 fully saturated rings. The van der Waals surface area contributed by atoms with Gasteiger partial charge in [0.25, 0.3) is 0 Å². The van der Waals surface area contributed by atoms with Gasteiger partial charge in [-0.1, -0.05) is 43.7 Å². The van der Waals surface area contributed by atoms with Crippen LogP contribution in [0.4, 0.5) is 9.59 Å². The summed E-state index contributed by atoms with van der Waals surface area (Å²) < 4.78 is 15.9. The molecule has 0 aliphatic heterocycles. The molecule has 0 spiro atoms. The van der Waals surface area contributed by atoms with E-state index in [1.165, 1.54) is 0 Å². The molecule has 0 aliphatic rings. The Balaban J connectivity index is 2.88. The first-order chi connectivity index (χ1) is 17.2. The van der Waals surface area contributed by atoms with E-state index in [-0.39, 0.29) is 32.0 Å². The molecule has 0 saturated carbocycles. The minimum absolute atomic E-state index is 0.000278.